The Hall–Kier alpha value is -0.890. The van der Waals surface area contributed by atoms with Crippen molar-refractivity contribution in [1.82, 2.24) is 0 Å². The summed E-state index contributed by atoms with van der Waals surface area (Å²) in [5.74, 6) is 0. The fourth-order valence-electron chi connectivity index (χ4n) is 1.51. The summed E-state index contributed by atoms with van der Waals surface area (Å²) in [5, 5.41) is 27.6. The molecule has 0 aromatic carbocycles. The van der Waals surface area contributed by atoms with E-state index in [1.54, 1.807) is 0 Å². The van der Waals surface area contributed by atoms with Crippen molar-refractivity contribution in [2.24, 2.45) is 0 Å². The predicted octanol–water partition coefficient (Wildman–Crippen LogP) is -2.04. The van der Waals surface area contributed by atoms with Crippen molar-refractivity contribution in [3.8, 4) is 0 Å². The number of aliphatic hydroxyl groups is 3. The number of aliphatic hydroxyl groups excluding tert-OH is 3. The molecule has 2 heterocycles. The molecule has 5 atom stereocenters. The van der Waals surface area contributed by atoms with Gasteiger partial charge in [-0.15, -0.1) is 0 Å². The van der Waals surface area contributed by atoms with Gasteiger partial charge in [-0.2, -0.15) is 0 Å². The van der Waals surface area contributed by atoms with Crippen LogP contribution in [0.3, 0.4) is 0 Å². The molecular weight excluding hydrogens is 196 g/mol. The summed E-state index contributed by atoms with van der Waals surface area (Å²) in [6.45, 7) is -0.473. The summed E-state index contributed by atoms with van der Waals surface area (Å²) >= 11 is 0. The van der Waals surface area contributed by atoms with Gasteiger partial charge in [0.25, 0.3) is 0 Å². The van der Waals surface area contributed by atoms with Gasteiger partial charge in [0, 0.05) is 0 Å². The van der Waals surface area contributed by atoms with Gasteiger partial charge in [-0.25, -0.2) is 4.79 Å². The van der Waals surface area contributed by atoms with Gasteiger partial charge < -0.3 is 29.5 Å². The van der Waals surface area contributed by atoms with Crippen molar-refractivity contribution in [2.45, 2.75) is 30.7 Å². The number of hydrogen-bond acceptors (Lipinski definition) is 7. The molecule has 1 unspecified atom stereocenters. The average Bonchev–Trinajstić information content (AvgIpc) is 2.52. The van der Waals surface area contributed by atoms with E-state index in [4.69, 9.17) is 9.84 Å². The number of ether oxygens (including phenoxy) is 3. The zero-order valence-electron chi connectivity index (χ0n) is 7.07. The molecule has 0 amide bonds. The largest absolute Gasteiger partial charge is 0.511 e. The molecular formula is C7H10O7. The second-order valence-electron chi connectivity index (χ2n) is 3.16. The zero-order valence-corrected chi connectivity index (χ0v) is 7.07. The third kappa shape index (κ3) is 1.34. The molecule has 80 valence electrons. The lowest BCUT2D eigenvalue weighted by Crippen LogP contribution is -2.57. The van der Waals surface area contributed by atoms with Crippen molar-refractivity contribution in [1.29, 1.82) is 0 Å². The van der Waals surface area contributed by atoms with Gasteiger partial charge >= 0.3 is 6.16 Å². The van der Waals surface area contributed by atoms with E-state index in [9.17, 15) is 15.0 Å². The number of hydrogen-bond donors (Lipinski definition) is 3. The summed E-state index contributed by atoms with van der Waals surface area (Å²) < 4.78 is 14.1. The van der Waals surface area contributed by atoms with Crippen LogP contribution >= 0.6 is 0 Å². The fourth-order valence-corrected chi connectivity index (χ4v) is 1.51. The third-order valence-electron chi connectivity index (χ3n) is 2.27. The highest BCUT2D eigenvalue weighted by atomic mass is 16.8. The van der Waals surface area contributed by atoms with Gasteiger partial charge in [0.1, 0.15) is 18.3 Å². The molecule has 7 nitrogen and oxygen atoms in total. The Morgan fingerprint density at radius 3 is 2.57 bits per heavy atom. The maximum Gasteiger partial charge on any atom is 0.511 e. The van der Waals surface area contributed by atoms with Crippen LogP contribution in [0.1, 0.15) is 0 Å². The van der Waals surface area contributed by atoms with Crippen LogP contribution in [0.4, 0.5) is 4.79 Å². The molecule has 0 radical (unpaired) electrons. The standard InChI is InChI=1S/C7H10O7/c8-1-2-3(9)4(10)5-6(12-2)14-7(11)13-5/h2-6,8-10H,1H2/t2-,3-,4+,5-,6?/m1/s1. The fraction of sp³-hybridized carbons (Fsp3) is 0.857. The number of carbonyl (C=O) groups is 1. The van der Waals surface area contributed by atoms with E-state index in [-0.39, 0.29) is 0 Å². The molecule has 0 aliphatic carbocycles. The first-order valence-electron chi connectivity index (χ1n) is 4.13. The molecule has 2 saturated heterocycles. The summed E-state index contributed by atoms with van der Waals surface area (Å²) in [4.78, 5) is 10.7. The maximum absolute atomic E-state index is 10.7. The lowest BCUT2D eigenvalue weighted by Gasteiger charge is -2.35. The first-order valence-corrected chi connectivity index (χ1v) is 4.13. The first-order chi connectivity index (χ1) is 6.63. The Bertz CT molecular complexity index is 242. The first kappa shape index (κ1) is 9.66. The van der Waals surface area contributed by atoms with Gasteiger partial charge in [-0.1, -0.05) is 0 Å². The van der Waals surface area contributed by atoms with E-state index in [2.05, 4.69) is 9.47 Å². The third-order valence-corrected chi connectivity index (χ3v) is 2.27. The van der Waals surface area contributed by atoms with Gasteiger partial charge in [-0.3, -0.25) is 0 Å². The van der Waals surface area contributed by atoms with E-state index in [1.807, 2.05) is 0 Å². The second-order valence-corrected chi connectivity index (χ2v) is 3.16. The minimum atomic E-state index is -1.31. The molecule has 7 heteroatoms. The van der Waals surface area contributed by atoms with Crippen molar-refractivity contribution < 1.29 is 34.3 Å². The van der Waals surface area contributed by atoms with Crippen LogP contribution in [0.25, 0.3) is 0 Å². The van der Waals surface area contributed by atoms with Crippen molar-refractivity contribution in [2.75, 3.05) is 6.61 Å². The number of carbonyl (C=O) groups excluding carboxylic acids is 1. The molecule has 2 aliphatic rings. The smallest absolute Gasteiger partial charge is 0.421 e. The van der Waals surface area contributed by atoms with E-state index >= 15 is 0 Å². The van der Waals surface area contributed by atoms with Crippen molar-refractivity contribution in [3.05, 3.63) is 0 Å². The Labute approximate surface area is 78.8 Å². The monoisotopic (exact) mass is 206 g/mol. The lowest BCUT2D eigenvalue weighted by atomic mass is 9.99. The molecule has 0 aromatic heterocycles. The van der Waals surface area contributed by atoms with Crippen LogP contribution in [-0.4, -0.2) is 58.8 Å². The zero-order chi connectivity index (χ0) is 10.3. The molecule has 3 N–H and O–H groups in total. The van der Waals surface area contributed by atoms with Gasteiger partial charge in [0.05, 0.1) is 6.61 Å². The van der Waals surface area contributed by atoms with E-state index in [0.29, 0.717) is 0 Å². The van der Waals surface area contributed by atoms with Crippen molar-refractivity contribution in [3.63, 3.8) is 0 Å². The van der Waals surface area contributed by atoms with Crippen LogP contribution in [0.5, 0.6) is 0 Å². The highest BCUT2D eigenvalue weighted by molar-refractivity contribution is 5.62. The molecule has 0 saturated carbocycles. The molecule has 14 heavy (non-hydrogen) atoms. The lowest BCUT2D eigenvalue weighted by molar-refractivity contribution is -0.250. The van der Waals surface area contributed by atoms with Crippen LogP contribution in [0.2, 0.25) is 0 Å². The molecule has 0 bridgehead atoms. The summed E-state index contributed by atoms with van der Waals surface area (Å²) in [6.07, 6.45) is -6.61. The van der Waals surface area contributed by atoms with Crippen LogP contribution in [0, 0.1) is 0 Å². The normalized spacial score (nSPS) is 46.8. The Morgan fingerprint density at radius 2 is 1.93 bits per heavy atom. The summed E-state index contributed by atoms with van der Waals surface area (Å²) in [6, 6.07) is 0. The van der Waals surface area contributed by atoms with Crippen LogP contribution in [-0.2, 0) is 14.2 Å². The van der Waals surface area contributed by atoms with Gasteiger partial charge in [-0.05, 0) is 0 Å². The van der Waals surface area contributed by atoms with Gasteiger partial charge in [0.2, 0.25) is 6.29 Å². The molecule has 0 aromatic rings. The second kappa shape index (κ2) is 3.35. The highest BCUT2D eigenvalue weighted by Crippen LogP contribution is 2.28. The summed E-state index contributed by atoms with van der Waals surface area (Å²) in [7, 11) is 0. The maximum atomic E-state index is 10.7. The Balaban J connectivity index is 2.13. The average molecular weight is 206 g/mol. The molecule has 2 aliphatic heterocycles. The van der Waals surface area contributed by atoms with Gasteiger partial charge in [0.15, 0.2) is 6.10 Å². The van der Waals surface area contributed by atoms with Crippen LogP contribution < -0.4 is 0 Å². The predicted molar refractivity (Wildman–Crippen MR) is 39.1 cm³/mol. The molecule has 0 spiro atoms. The minimum absolute atomic E-state index is 0.473. The van der Waals surface area contributed by atoms with Crippen molar-refractivity contribution >= 4 is 6.16 Å². The Kier molecular flexibility index (Phi) is 2.31. The molecule has 2 rings (SSSR count). The SMILES string of the molecule is O=C1OC2O[C@H](CO)[C@@H](O)[C@H](O)[C@H]2O1. The van der Waals surface area contributed by atoms with E-state index < -0.39 is 43.5 Å². The molecule has 2 fully saturated rings. The minimum Gasteiger partial charge on any atom is -0.421 e. The summed E-state index contributed by atoms with van der Waals surface area (Å²) in [5.41, 5.74) is 0. The highest BCUT2D eigenvalue weighted by Gasteiger charge is 2.52. The van der Waals surface area contributed by atoms with Crippen LogP contribution in [0.15, 0.2) is 0 Å². The van der Waals surface area contributed by atoms with E-state index in [1.165, 1.54) is 0 Å². The Morgan fingerprint density at radius 1 is 1.21 bits per heavy atom. The quantitative estimate of drug-likeness (QED) is 0.424. The number of rotatable bonds is 1. The van der Waals surface area contributed by atoms with E-state index in [0.717, 1.165) is 0 Å². The number of fused-ring (bicyclic) bond motifs is 1. The topological polar surface area (TPSA) is 105 Å².